The predicted molar refractivity (Wildman–Crippen MR) is 63.9 cm³/mol. The number of carboxylic acid groups (broad SMARTS) is 1. The van der Waals surface area contributed by atoms with Crippen molar-refractivity contribution in [2.24, 2.45) is 0 Å². The normalized spacial score (nSPS) is 16.9. The molecule has 0 amide bonds. The first-order valence-corrected chi connectivity index (χ1v) is 5.93. The van der Waals surface area contributed by atoms with Crippen LogP contribution in [0.5, 0.6) is 5.75 Å². The van der Waals surface area contributed by atoms with Crippen LogP contribution < -0.4 is 4.74 Å². The summed E-state index contributed by atoms with van der Waals surface area (Å²) >= 11 is 3.49. The van der Waals surface area contributed by atoms with E-state index in [4.69, 9.17) is 9.84 Å². The number of carboxylic acids is 1. The lowest BCUT2D eigenvalue weighted by Crippen LogP contribution is -2.13. The molecule has 0 unspecified atom stereocenters. The van der Waals surface area contributed by atoms with Crippen LogP contribution >= 0.6 is 15.9 Å². The van der Waals surface area contributed by atoms with Gasteiger partial charge in [0.1, 0.15) is 5.75 Å². The van der Waals surface area contributed by atoms with Gasteiger partial charge in [-0.05, 0) is 40.4 Å². The van der Waals surface area contributed by atoms with Gasteiger partial charge in [-0.1, -0.05) is 12.1 Å². The van der Waals surface area contributed by atoms with Gasteiger partial charge in [0.05, 0.1) is 18.0 Å². The number of methoxy groups -OCH3 is 1. The molecule has 1 aliphatic carbocycles. The molecule has 0 saturated heterocycles. The Morgan fingerprint density at radius 2 is 2.25 bits per heavy atom. The molecule has 0 atom stereocenters. The van der Waals surface area contributed by atoms with Crippen LogP contribution in [0.2, 0.25) is 0 Å². The molecule has 2 rings (SSSR count). The maximum atomic E-state index is 10.8. The van der Waals surface area contributed by atoms with Crippen LogP contribution in [0.15, 0.2) is 22.7 Å². The number of benzene rings is 1. The Kier molecular flexibility index (Phi) is 2.93. The highest BCUT2D eigenvalue weighted by atomic mass is 79.9. The van der Waals surface area contributed by atoms with Crippen molar-refractivity contribution < 1.29 is 14.6 Å². The molecule has 1 aliphatic rings. The lowest BCUT2D eigenvalue weighted by Gasteiger charge is -2.16. The van der Waals surface area contributed by atoms with Gasteiger partial charge in [-0.25, -0.2) is 0 Å². The Bertz CT molecular complexity index is 424. The minimum absolute atomic E-state index is 0.181. The van der Waals surface area contributed by atoms with Gasteiger partial charge < -0.3 is 9.84 Å². The van der Waals surface area contributed by atoms with Crippen molar-refractivity contribution in [3.05, 3.63) is 28.2 Å². The van der Waals surface area contributed by atoms with Crippen LogP contribution in [0, 0.1) is 0 Å². The summed E-state index contributed by atoms with van der Waals surface area (Å²) in [6.45, 7) is 0. The second-order valence-electron chi connectivity index (χ2n) is 4.17. The molecule has 1 saturated carbocycles. The Balaban J connectivity index is 2.37. The van der Waals surface area contributed by atoms with E-state index in [2.05, 4.69) is 15.9 Å². The summed E-state index contributed by atoms with van der Waals surface area (Å²) in [5, 5.41) is 8.92. The molecular formula is C12H13BrO3. The monoisotopic (exact) mass is 284 g/mol. The standard InChI is InChI=1S/C12H13BrO3/c1-16-9-4-2-3-8(11(9)13)12(5-6-12)7-10(14)15/h2-4H,5-7H2,1H3,(H,14,15). The largest absolute Gasteiger partial charge is 0.496 e. The molecule has 16 heavy (non-hydrogen) atoms. The summed E-state index contributed by atoms with van der Waals surface area (Å²) in [6.07, 6.45) is 2.06. The summed E-state index contributed by atoms with van der Waals surface area (Å²) in [4.78, 5) is 10.8. The summed E-state index contributed by atoms with van der Waals surface area (Å²) in [7, 11) is 1.61. The molecule has 0 bridgehead atoms. The van der Waals surface area contributed by atoms with E-state index in [1.54, 1.807) is 7.11 Å². The molecule has 0 aliphatic heterocycles. The maximum absolute atomic E-state index is 10.8. The van der Waals surface area contributed by atoms with E-state index in [0.29, 0.717) is 0 Å². The van der Waals surface area contributed by atoms with Gasteiger partial charge in [0.2, 0.25) is 0 Å². The third kappa shape index (κ3) is 1.94. The van der Waals surface area contributed by atoms with Gasteiger partial charge in [-0.15, -0.1) is 0 Å². The first-order valence-electron chi connectivity index (χ1n) is 5.14. The van der Waals surface area contributed by atoms with E-state index >= 15 is 0 Å². The second-order valence-corrected chi connectivity index (χ2v) is 4.97. The van der Waals surface area contributed by atoms with Gasteiger partial charge >= 0.3 is 5.97 Å². The van der Waals surface area contributed by atoms with Crippen molar-refractivity contribution in [3.63, 3.8) is 0 Å². The Morgan fingerprint density at radius 1 is 1.56 bits per heavy atom. The zero-order chi connectivity index (χ0) is 11.8. The van der Waals surface area contributed by atoms with E-state index in [1.165, 1.54) is 0 Å². The van der Waals surface area contributed by atoms with Crippen molar-refractivity contribution in [2.45, 2.75) is 24.7 Å². The summed E-state index contributed by atoms with van der Waals surface area (Å²) in [5.41, 5.74) is 0.869. The molecular weight excluding hydrogens is 272 g/mol. The quantitative estimate of drug-likeness (QED) is 0.925. The van der Waals surface area contributed by atoms with Gasteiger partial charge in [0.15, 0.2) is 0 Å². The van der Waals surface area contributed by atoms with Crippen molar-refractivity contribution in [1.82, 2.24) is 0 Å². The molecule has 1 N–H and O–H groups in total. The third-order valence-electron chi connectivity index (χ3n) is 3.10. The summed E-state index contributed by atoms with van der Waals surface area (Å²) in [6, 6.07) is 5.74. The van der Waals surface area contributed by atoms with E-state index in [1.807, 2.05) is 18.2 Å². The Morgan fingerprint density at radius 3 is 2.75 bits per heavy atom. The first kappa shape index (κ1) is 11.5. The molecule has 1 fully saturated rings. The number of rotatable bonds is 4. The molecule has 1 aromatic rings. The fourth-order valence-corrected chi connectivity index (χ4v) is 2.91. The fraction of sp³-hybridized carbons (Fsp3) is 0.417. The Hall–Kier alpha value is -1.03. The molecule has 0 radical (unpaired) electrons. The highest BCUT2D eigenvalue weighted by Crippen LogP contribution is 2.54. The third-order valence-corrected chi connectivity index (χ3v) is 3.92. The van der Waals surface area contributed by atoms with Crippen LogP contribution in [0.25, 0.3) is 0 Å². The number of hydrogen-bond donors (Lipinski definition) is 1. The summed E-state index contributed by atoms with van der Waals surface area (Å²) in [5.74, 6) is 0.0152. The van der Waals surface area contributed by atoms with Gasteiger partial charge in [0, 0.05) is 5.41 Å². The van der Waals surface area contributed by atoms with Crippen LogP contribution in [0.4, 0.5) is 0 Å². The lowest BCUT2D eigenvalue weighted by molar-refractivity contribution is -0.137. The fourth-order valence-electron chi connectivity index (χ4n) is 2.06. The molecule has 3 nitrogen and oxygen atoms in total. The molecule has 0 spiro atoms. The smallest absolute Gasteiger partial charge is 0.304 e. The van der Waals surface area contributed by atoms with Crippen LogP contribution in [-0.2, 0) is 10.2 Å². The first-order chi connectivity index (χ1) is 7.59. The average molecular weight is 285 g/mol. The highest BCUT2D eigenvalue weighted by Gasteiger charge is 2.47. The molecule has 4 heteroatoms. The zero-order valence-corrected chi connectivity index (χ0v) is 10.6. The topological polar surface area (TPSA) is 46.5 Å². The second kappa shape index (κ2) is 4.09. The predicted octanol–water partition coefficient (Wildman–Crippen LogP) is 2.96. The van der Waals surface area contributed by atoms with Crippen LogP contribution in [-0.4, -0.2) is 18.2 Å². The van der Waals surface area contributed by atoms with Gasteiger partial charge in [0.25, 0.3) is 0 Å². The summed E-state index contributed by atoms with van der Waals surface area (Å²) < 4.78 is 6.10. The van der Waals surface area contributed by atoms with Crippen molar-refractivity contribution in [1.29, 1.82) is 0 Å². The van der Waals surface area contributed by atoms with E-state index in [-0.39, 0.29) is 11.8 Å². The van der Waals surface area contributed by atoms with E-state index in [0.717, 1.165) is 28.6 Å². The van der Waals surface area contributed by atoms with Crippen LogP contribution in [0.3, 0.4) is 0 Å². The van der Waals surface area contributed by atoms with E-state index in [9.17, 15) is 4.79 Å². The zero-order valence-electron chi connectivity index (χ0n) is 9.00. The highest BCUT2D eigenvalue weighted by molar-refractivity contribution is 9.10. The number of ether oxygens (including phenoxy) is 1. The number of aliphatic carboxylic acids is 1. The minimum Gasteiger partial charge on any atom is -0.496 e. The van der Waals surface area contributed by atoms with Gasteiger partial charge in [-0.2, -0.15) is 0 Å². The molecule has 86 valence electrons. The maximum Gasteiger partial charge on any atom is 0.304 e. The average Bonchev–Trinajstić information content (AvgIpc) is 2.98. The molecule has 0 heterocycles. The van der Waals surface area contributed by atoms with Crippen molar-refractivity contribution in [3.8, 4) is 5.75 Å². The molecule has 1 aromatic carbocycles. The Labute approximate surface area is 103 Å². The number of halogens is 1. The van der Waals surface area contributed by atoms with Crippen molar-refractivity contribution in [2.75, 3.05) is 7.11 Å². The van der Waals surface area contributed by atoms with Crippen LogP contribution in [0.1, 0.15) is 24.8 Å². The lowest BCUT2D eigenvalue weighted by atomic mass is 9.92. The van der Waals surface area contributed by atoms with Crippen molar-refractivity contribution >= 4 is 21.9 Å². The number of carbonyl (C=O) groups is 1. The minimum atomic E-state index is -0.743. The van der Waals surface area contributed by atoms with Gasteiger partial charge in [-0.3, -0.25) is 4.79 Å². The van der Waals surface area contributed by atoms with E-state index < -0.39 is 5.97 Å². The number of hydrogen-bond acceptors (Lipinski definition) is 2. The SMILES string of the molecule is COc1cccc(C2(CC(=O)O)CC2)c1Br. The molecule has 0 aromatic heterocycles.